The third-order valence-corrected chi connectivity index (χ3v) is 9.22. The summed E-state index contributed by atoms with van der Waals surface area (Å²) >= 11 is 0. The second kappa shape index (κ2) is 12.0. The highest BCUT2D eigenvalue weighted by Gasteiger charge is 2.28. The number of aryl methyl sites for hydroxylation is 2. The molecule has 11 heteroatoms. The van der Waals surface area contributed by atoms with E-state index in [-0.39, 0.29) is 17.3 Å². The van der Waals surface area contributed by atoms with Crippen molar-refractivity contribution in [2.45, 2.75) is 25.3 Å². The summed E-state index contributed by atoms with van der Waals surface area (Å²) in [6, 6.07) is 5.06. The molecule has 204 valence electrons. The van der Waals surface area contributed by atoms with Gasteiger partial charge in [-0.1, -0.05) is 0 Å². The van der Waals surface area contributed by atoms with E-state index in [4.69, 9.17) is 13.9 Å². The molecule has 0 unspecified atom stereocenters. The van der Waals surface area contributed by atoms with Gasteiger partial charge in [0.05, 0.1) is 37.3 Å². The molecule has 0 aliphatic carbocycles. The third kappa shape index (κ3) is 6.53. The summed E-state index contributed by atoms with van der Waals surface area (Å²) in [6.45, 7) is 12.1. The lowest BCUT2D eigenvalue weighted by atomic mass is 10.1. The van der Waals surface area contributed by atoms with Crippen LogP contribution in [0.1, 0.15) is 27.2 Å². The zero-order valence-corrected chi connectivity index (χ0v) is 23.1. The van der Waals surface area contributed by atoms with Gasteiger partial charge in [0.2, 0.25) is 10.0 Å². The number of ether oxygens (including phenoxy) is 2. The van der Waals surface area contributed by atoms with Crippen LogP contribution in [0.2, 0.25) is 0 Å². The molecule has 0 N–H and O–H groups in total. The quantitative estimate of drug-likeness (QED) is 0.481. The Bertz CT molecular complexity index is 1160. The SMILES string of the molecule is COc1cc(C)c(S(=O)(=O)N(C)Cc2cc(C(=O)N3CCN(CCN4CCOCC4)CC3)co2)c(C)c1. The normalized spacial score (nSPS) is 17.9. The predicted molar refractivity (Wildman–Crippen MR) is 139 cm³/mol. The van der Waals surface area contributed by atoms with Crippen LogP contribution in [0.4, 0.5) is 0 Å². The molecule has 2 aliphatic heterocycles. The van der Waals surface area contributed by atoms with E-state index in [1.165, 1.54) is 17.6 Å². The summed E-state index contributed by atoms with van der Waals surface area (Å²) in [5.41, 5.74) is 1.67. The van der Waals surface area contributed by atoms with Crippen LogP contribution in [0, 0.1) is 13.8 Å². The molecular weight excluding hydrogens is 496 g/mol. The Morgan fingerprint density at radius 2 is 1.57 bits per heavy atom. The van der Waals surface area contributed by atoms with Crippen LogP contribution in [0.5, 0.6) is 5.75 Å². The minimum Gasteiger partial charge on any atom is -0.497 e. The van der Waals surface area contributed by atoms with Crippen molar-refractivity contribution >= 4 is 15.9 Å². The van der Waals surface area contributed by atoms with Gasteiger partial charge in [-0.25, -0.2) is 8.42 Å². The molecule has 4 rings (SSSR count). The molecule has 0 saturated carbocycles. The van der Waals surface area contributed by atoms with E-state index in [2.05, 4.69) is 9.80 Å². The lowest BCUT2D eigenvalue weighted by Crippen LogP contribution is -2.50. The number of benzene rings is 1. The Labute approximate surface area is 219 Å². The largest absolute Gasteiger partial charge is 0.497 e. The summed E-state index contributed by atoms with van der Waals surface area (Å²) in [6.07, 6.45) is 1.42. The van der Waals surface area contributed by atoms with E-state index in [1.807, 2.05) is 4.90 Å². The molecule has 2 saturated heterocycles. The number of hydrogen-bond acceptors (Lipinski definition) is 8. The molecule has 3 heterocycles. The number of sulfonamides is 1. The van der Waals surface area contributed by atoms with E-state index >= 15 is 0 Å². The number of carbonyl (C=O) groups is 1. The summed E-state index contributed by atoms with van der Waals surface area (Å²) < 4.78 is 44.1. The molecule has 10 nitrogen and oxygen atoms in total. The highest BCUT2D eigenvalue weighted by molar-refractivity contribution is 7.89. The van der Waals surface area contributed by atoms with E-state index in [0.717, 1.165) is 52.5 Å². The van der Waals surface area contributed by atoms with Gasteiger partial charge in [-0.2, -0.15) is 4.31 Å². The van der Waals surface area contributed by atoms with Crippen molar-refractivity contribution in [3.63, 3.8) is 0 Å². The number of morpholine rings is 1. The Morgan fingerprint density at radius 3 is 2.16 bits per heavy atom. The third-order valence-electron chi connectivity index (χ3n) is 7.11. The molecule has 1 amide bonds. The van der Waals surface area contributed by atoms with Gasteiger partial charge < -0.3 is 18.8 Å². The highest BCUT2D eigenvalue weighted by Crippen LogP contribution is 2.28. The van der Waals surface area contributed by atoms with Crippen molar-refractivity contribution in [3.05, 3.63) is 46.9 Å². The first-order chi connectivity index (χ1) is 17.7. The van der Waals surface area contributed by atoms with Crippen molar-refractivity contribution in [2.75, 3.05) is 79.7 Å². The molecule has 2 aliphatic rings. The van der Waals surface area contributed by atoms with Crippen LogP contribution < -0.4 is 4.74 Å². The maximum atomic E-state index is 13.3. The smallest absolute Gasteiger partial charge is 0.257 e. The standard InChI is InChI=1S/C26H38N4O6S/c1-20-15-23(34-4)16-21(2)25(20)37(32,33)27(3)18-24-17-22(19-36-24)26(31)30-9-7-28(8-10-30)5-6-29-11-13-35-14-12-29/h15-17,19H,5-14,18H2,1-4H3. The molecule has 37 heavy (non-hydrogen) atoms. The maximum Gasteiger partial charge on any atom is 0.257 e. The Balaban J connectivity index is 1.32. The fraction of sp³-hybridized carbons (Fsp3) is 0.577. The van der Waals surface area contributed by atoms with Gasteiger partial charge in [0.1, 0.15) is 17.8 Å². The average molecular weight is 535 g/mol. The first kappa shape index (κ1) is 27.6. The number of amides is 1. The van der Waals surface area contributed by atoms with E-state index in [0.29, 0.717) is 41.3 Å². The van der Waals surface area contributed by atoms with Crippen molar-refractivity contribution in [1.82, 2.24) is 19.0 Å². The van der Waals surface area contributed by atoms with Crippen LogP contribution in [-0.4, -0.2) is 113 Å². The van der Waals surface area contributed by atoms with Crippen LogP contribution in [-0.2, 0) is 21.3 Å². The predicted octanol–water partition coefficient (Wildman–Crippen LogP) is 1.82. The number of piperazine rings is 1. The minimum atomic E-state index is -3.77. The summed E-state index contributed by atoms with van der Waals surface area (Å²) in [5, 5.41) is 0. The first-order valence-corrected chi connectivity index (χ1v) is 14.1. The van der Waals surface area contributed by atoms with Gasteiger partial charge in [-0.05, 0) is 43.2 Å². The molecular formula is C26H38N4O6S. The minimum absolute atomic E-state index is 0.0237. The number of rotatable bonds is 9. The van der Waals surface area contributed by atoms with Crippen molar-refractivity contribution < 1.29 is 27.1 Å². The lowest BCUT2D eigenvalue weighted by molar-refractivity contribution is 0.0293. The van der Waals surface area contributed by atoms with E-state index < -0.39 is 10.0 Å². The first-order valence-electron chi connectivity index (χ1n) is 12.7. The Morgan fingerprint density at radius 1 is 0.973 bits per heavy atom. The van der Waals surface area contributed by atoms with Crippen LogP contribution >= 0.6 is 0 Å². The number of furan rings is 1. The monoisotopic (exact) mass is 534 g/mol. The molecule has 2 fully saturated rings. The molecule has 0 atom stereocenters. The number of carbonyl (C=O) groups excluding carboxylic acids is 1. The van der Waals surface area contributed by atoms with E-state index in [1.54, 1.807) is 39.2 Å². The zero-order chi connectivity index (χ0) is 26.6. The van der Waals surface area contributed by atoms with Gasteiger partial charge in [0.15, 0.2) is 0 Å². The van der Waals surface area contributed by atoms with Crippen LogP contribution in [0.25, 0.3) is 0 Å². The summed E-state index contributed by atoms with van der Waals surface area (Å²) in [5.74, 6) is 0.946. The fourth-order valence-electron chi connectivity index (χ4n) is 4.94. The van der Waals surface area contributed by atoms with Gasteiger partial charge in [0.25, 0.3) is 5.91 Å². The maximum absolute atomic E-state index is 13.3. The fourth-order valence-corrected chi connectivity index (χ4v) is 6.48. The molecule has 1 aromatic heterocycles. The number of methoxy groups -OCH3 is 1. The lowest BCUT2D eigenvalue weighted by Gasteiger charge is -2.36. The molecule has 0 radical (unpaired) electrons. The topological polar surface area (TPSA) is 95.8 Å². The van der Waals surface area contributed by atoms with Crippen molar-refractivity contribution in [1.29, 1.82) is 0 Å². The van der Waals surface area contributed by atoms with E-state index in [9.17, 15) is 13.2 Å². The van der Waals surface area contributed by atoms with Crippen LogP contribution in [0.3, 0.4) is 0 Å². The average Bonchev–Trinajstić information content (AvgIpc) is 3.35. The van der Waals surface area contributed by atoms with Crippen molar-refractivity contribution in [2.24, 2.45) is 0 Å². The second-order valence-electron chi connectivity index (χ2n) is 9.74. The molecule has 0 bridgehead atoms. The van der Waals surface area contributed by atoms with Gasteiger partial charge in [-0.3, -0.25) is 14.6 Å². The molecule has 0 spiro atoms. The Kier molecular flexibility index (Phi) is 8.91. The number of nitrogens with zero attached hydrogens (tertiary/aromatic N) is 4. The molecule has 2 aromatic rings. The van der Waals surface area contributed by atoms with Crippen LogP contribution in [0.15, 0.2) is 33.8 Å². The Hall–Kier alpha value is -2.44. The molecule has 1 aromatic carbocycles. The zero-order valence-electron chi connectivity index (χ0n) is 22.2. The van der Waals surface area contributed by atoms with Crippen molar-refractivity contribution in [3.8, 4) is 5.75 Å². The van der Waals surface area contributed by atoms with Gasteiger partial charge in [-0.15, -0.1) is 0 Å². The second-order valence-corrected chi connectivity index (χ2v) is 11.7. The van der Waals surface area contributed by atoms with Gasteiger partial charge >= 0.3 is 0 Å². The summed E-state index contributed by atoms with van der Waals surface area (Å²) in [4.78, 5) is 20.0. The highest BCUT2D eigenvalue weighted by atomic mass is 32.2. The number of hydrogen-bond donors (Lipinski definition) is 0. The summed E-state index contributed by atoms with van der Waals surface area (Å²) in [7, 11) is -0.703. The van der Waals surface area contributed by atoms with Gasteiger partial charge in [0, 0.05) is 59.4 Å².